The molecule has 1 aromatic heterocycles. The van der Waals surface area contributed by atoms with Crippen LogP contribution in [0, 0.1) is 0 Å². The summed E-state index contributed by atoms with van der Waals surface area (Å²) in [6, 6.07) is 9.53. The minimum absolute atomic E-state index is 0.0149. The molecular weight excluding hydrogens is 335 g/mol. The minimum atomic E-state index is -0.159. The number of fused-ring (bicyclic) bond motifs is 1. The van der Waals surface area contributed by atoms with Crippen LogP contribution >= 0.6 is 23.2 Å². The standard InChI is InChI=1S/C18H14Cl2O3/c1-9(2)18-16(10-3-6-13(19)14(20)7-10)17(22)12-5-4-11(21)8-15(12)23-18/h3-9,21H,1-2H3. The molecule has 0 saturated heterocycles. The van der Waals surface area contributed by atoms with Gasteiger partial charge in [0.1, 0.15) is 17.1 Å². The van der Waals surface area contributed by atoms with E-state index >= 15 is 0 Å². The van der Waals surface area contributed by atoms with Crippen LogP contribution in [0.4, 0.5) is 0 Å². The first-order valence-electron chi connectivity index (χ1n) is 7.13. The highest BCUT2D eigenvalue weighted by Gasteiger charge is 2.19. The van der Waals surface area contributed by atoms with E-state index in [4.69, 9.17) is 27.6 Å². The van der Waals surface area contributed by atoms with Gasteiger partial charge in [0.15, 0.2) is 0 Å². The summed E-state index contributed by atoms with van der Waals surface area (Å²) in [5, 5.41) is 10.8. The molecule has 0 bridgehead atoms. The lowest BCUT2D eigenvalue weighted by Gasteiger charge is -2.13. The molecule has 1 N–H and O–H groups in total. The first-order chi connectivity index (χ1) is 10.9. The van der Waals surface area contributed by atoms with Crippen molar-refractivity contribution in [3.05, 3.63) is 62.4 Å². The highest BCUT2D eigenvalue weighted by Crippen LogP contribution is 2.33. The number of phenolic OH excluding ortho intramolecular Hbond substituents is 1. The van der Waals surface area contributed by atoms with Crippen LogP contribution in [-0.4, -0.2) is 5.11 Å². The predicted molar refractivity (Wildman–Crippen MR) is 93.7 cm³/mol. The number of rotatable bonds is 2. The third-order valence-corrected chi connectivity index (χ3v) is 4.37. The Balaban J connectivity index is 2.40. The van der Waals surface area contributed by atoms with Crippen molar-refractivity contribution in [2.75, 3.05) is 0 Å². The van der Waals surface area contributed by atoms with Gasteiger partial charge in [-0.3, -0.25) is 4.79 Å². The summed E-state index contributed by atoms with van der Waals surface area (Å²) < 4.78 is 5.90. The Morgan fingerprint density at radius 3 is 2.43 bits per heavy atom. The van der Waals surface area contributed by atoms with Crippen LogP contribution < -0.4 is 5.43 Å². The molecule has 2 aromatic carbocycles. The molecule has 0 aliphatic carbocycles. The zero-order valence-corrected chi connectivity index (χ0v) is 14.1. The zero-order chi connectivity index (χ0) is 16.7. The lowest BCUT2D eigenvalue weighted by molar-refractivity contribution is 0.470. The maximum Gasteiger partial charge on any atom is 0.200 e. The number of aromatic hydroxyl groups is 1. The van der Waals surface area contributed by atoms with Crippen LogP contribution in [0.3, 0.4) is 0 Å². The van der Waals surface area contributed by atoms with Gasteiger partial charge in [0.2, 0.25) is 5.43 Å². The molecule has 0 aliphatic heterocycles. The van der Waals surface area contributed by atoms with Crippen LogP contribution in [0.15, 0.2) is 45.6 Å². The van der Waals surface area contributed by atoms with Gasteiger partial charge < -0.3 is 9.52 Å². The maximum atomic E-state index is 12.9. The SMILES string of the molecule is CC(C)c1oc2cc(O)ccc2c(=O)c1-c1ccc(Cl)c(Cl)c1. The average Bonchev–Trinajstić information content (AvgIpc) is 2.49. The van der Waals surface area contributed by atoms with Crippen molar-refractivity contribution in [2.24, 2.45) is 0 Å². The molecule has 5 heteroatoms. The second kappa shape index (κ2) is 5.91. The summed E-state index contributed by atoms with van der Waals surface area (Å²) in [4.78, 5) is 12.9. The fourth-order valence-electron chi connectivity index (χ4n) is 2.53. The molecule has 3 rings (SSSR count). The third kappa shape index (κ3) is 2.82. The predicted octanol–water partition coefficient (Wildman–Crippen LogP) is 5.60. The molecule has 0 spiro atoms. The summed E-state index contributed by atoms with van der Waals surface area (Å²) in [5.74, 6) is 0.586. The first kappa shape index (κ1) is 15.9. The van der Waals surface area contributed by atoms with Gasteiger partial charge in [-0.2, -0.15) is 0 Å². The second-order valence-corrected chi connectivity index (χ2v) is 6.45. The highest BCUT2D eigenvalue weighted by molar-refractivity contribution is 6.42. The fraction of sp³-hybridized carbons (Fsp3) is 0.167. The monoisotopic (exact) mass is 348 g/mol. The lowest BCUT2D eigenvalue weighted by atomic mass is 9.97. The quantitative estimate of drug-likeness (QED) is 0.656. The van der Waals surface area contributed by atoms with E-state index in [2.05, 4.69) is 0 Å². The van der Waals surface area contributed by atoms with Crippen LogP contribution in [-0.2, 0) is 0 Å². The van der Waals surface area contributed by atoms with Crippen LogP contribution in [0.2, 0.25) is 10.0 Å². The van der Waals surface area contributed by atoms with E-state index in [-0.39, 0.29) is 17.1 Å². The Morgan fingerprint density at radius 2 is 1.78 bits per heavy atom. The summed E-state index contributed by atoms with van der Waals surface area (Å²) in [6.07, 6.45) is 0. The Kier molecular flexibility index (Phi) is 4.09. The number of phenols is 1. The maximum absolute atomic E-state index is 12.9. The van der Waals surface area contributed by atoms with Gasteiger partial charge >= 0.3 is 0 Å². The molecule has 23 heavy (non-hydrogen) atoms. The largest absolute Gasteiger partial charge is 0.508 e. The Bertz CT molecular complexity index is 958. The summed E-state index contributed by atoms with van der Waals surface area (Å²) in [5.41, 5.74) is 1.33. The average molecular weight is 349 g/mol. The van der Waals surface area contributed by atoms with Gasteiger partial charge in [0, 0.05) is 12.0 Å². The van der Waals surface area contributed by atoms with Gasteiger partial charge in [-0.15, -0.1) is 0 Å². The summed E-state index contributed by atoms with van der Waals surface area (Å²) in [7, 11) is 0. The van der Waals surface area contributed by atoms with Crippen molar-refractivity contribution >= 4 is 34.2 Å². The Morgan fingerprint density at radius 1 is 1.04 bits per heavy atom. The van der Waals surface area contributed by atoms with Gasteiger partial charge in [-0.05, 0) is 29.8 Å². The molecule has 1 heterocycles. The van der Waals surface area contributed by atoms with Crippen molar-refractivity contribution in [3.63, 3.8) is 0 Å². The van der Waals surface area contributed by atoms with Gasteiger partial charge in [0.25, 0.3) is 0 Å². The number of hydrogen-bond donors (Lipinski definition) is 1. The van der Waals surface area contributed by atoms with Gasteiger partial charge in [0.05, 0.1) is 21.0 Å². The van der Waals surface area contributed by atoms with Crippen molar-refractivity contribution < 1.29 is 9.52 Å². The topological polar surface area (TPSA) is 50.4 Å². The van der Waals surface area contributed by atoms with E-state index in [1.807, 2.05) is 13.8 Å². The van der Waals surface area contributed by atoms with E-state index in [9.17, 15) is 9.90 Å². The Labute approximate surface area is 143 Å². The molecule has 0 fully saturated rings. The lowest BCUT2D eigenvalue weighted by Crippen LogP contribution is -2.10. The molecular formula is C18H14Cl2O3. The van der Waals surface area contributed by atoms with E-state index in [0.717, 1.165) is 0 Å². The number of halogens is 2. The molecule has 0 amide bonds. The van der Waals surface area contributed by atoms with Crippen molar-refractivity contribution in [1.82, 2.24) is 0 Å². The van der Waals surface area contributed by atoms with Crippen LogP contribution in [0.1, 0.15) is 25.5 Å². The molecule has 0 atom stereocenters. The van der Waals surface area contributed by atoms with Gasteiger partial charge in [-0.25, -0.2) is 0 Å². The molecule has 3 nitrogen and oxygen atoms in total. The molecule has 0 aliphatic rings. The molecule has 3 aromatic rings. The van der Waals surface area contributed by atoms with E-state index in [0.29, 0.717) is 37.9 Å². The van der Waals surface area contributed by atoms with Crippen LogP contribution in [0.5, 0.6) is 5.75 Å². The van der Waals surface area contributed by atoms with Crippen molar-refractivity contribution in [3.8, 4) is 16.9 Å². The normalized spacial score (nSPS) is 11.3. The van der Waals surface area contributed by atoms with E-state index in [1.165, 1.54) is 12.1 Å². The second-order valence-electron chi connectivity index (χ2n) is 5.63. The third-order valence-electron chi connectivity index (χ3n) is 3.64. The zero-order valence-electron chi connectivity index (χ0n) is 12.6. The smallest absolute Gasteiger partial charge is 0.200 e. The number of benzene rings is 2. The fourth-order valence-corrected chi connectivity index (χ4v) is 2.83. The molecule has 0 unspecified atom stereocenters. The highest BCUT2D eigenvalue weighted by atomic mass is 35.5. The van der Waals surface area contributed by atoms with E-state index in [1.54, 1.807) is 24.3 Å². The number of hydrogen-bond acceptors (Lipinski definition) is 3. The van der Waals surface area contributed by atoms with Gasteiger partial charge in [-0.1, -0.05) is 43.1 Å². The minimum Gasteiger partial charge on any atom is -0.508 e. The molecule has 118 valence electrons. The van der Waals surface area contributed by atoms with Crippen molar-refractivity contribution in [1.29, 1.82) is 0 Å². The van der Waals surface area contributed by atoms with E-state index < -0.39 is 0 Å². The molecule has 0 radical (unpaired) electrons. The Hall–Kier alpha value is -1.97. The van der Waals surface area contributed by atoms with Crippen LogP contribution in [0.25, 0.3) is 22.1 Å². The summed E-state index contributed by atoms with van der Waals surface area (Å²) >= 11 is 12.1. The molecule has 0 saturated carbocycles. The summed E-state index contributed by atoms with van der Waals surface area (Å²) in [6.45, 7) is 3.88. The first-order valence-corrected chi connectivity index (χ1v) is 7.89. The van der Waals surface area contributed by atoms with Crippen molar-refractivity contribution in [2.45, 2.75) is 19.8 Å².